The maximum Gasteiger partial charge on any atom is 0.408 e. The lowest BCUT2D eigenvalue weighted by Crippen LogP contribution is -2.40. The molecule has 3 aliphatic rings. The number of imidazole rings is 1. The van der Waals surface area contributed by atoms with E-state index in [0.29, 0.717) is 16.9 Å². The number of aromatic nitrogens is 3. The van der Waals surface area contributed by atoms with E-state index in [0.717, 1.165) is 0 Å². The molecule has 2 saturated carbocycles. The molecular weight excluding hydrogens is 508 g/mol. The summed E-state index contributed by atoms with van der Waals surface area (Å²) >= 11 is 0. The number of alkyl halides is 4. The molecule has 3 heterocycles. The average molecular weight is 541 g/mol. The van der Waals surface area contributed by atoms with Gasteiger partial charge in [-0.05, 0) is 51.2 Å². The summed E-state index contributed by atoms with van der Waals surface area (Å²) in [6.45, 7) is 5.17. The molecule has 2 aliphatic carbocycles. The number of carbonyl (C=O) groups is 2. The van der Waals surface area contributed by atoms with E-state index in [4.69, 9.17) is 4.74 Å². The van der Waals surface area contributed by atoms with Gasteiger partial charge in [-0.2, -0.15) is 5.10 Å². The summed E-state index contributed by atoms with van der Waals surface area (Å²) < 4.78 is 62.4. The first-order chi connectivity index (χ1) is 17.7. The zero-order chi connectivity index (χ0) is 27.5. The lowest BCUT2D eigenvalue weighted by atomic mass is 9.81. The zero-order valence-electron chi connectivity index (χ0n) is 21.5. The van der Waals surface area contributed by atoms with E-state index in [9.17, 15) is 27.2 Å². The van der Waals surface area contributed by atoms with Gasteiger partial charge in [-0.15, -0.1) is 0 Å². The molecule has 0 unspecified atom stereocenters. The van der Waals surface area contributed by atoms with Crippen LogP contribution in [0.1, 0.15) is 63.8 Å². The molecule has 38 heavy (non-hydrogen) atoms. The normalized spacial score (nSPS) is 25.8. The largest absolute Gasteiger partial charge is 0.444 e. The molecule has 9 nitrogen and oxygen atoms in total. The number of halogens is 4. The Morgan fingerprint density at radius 3 is 2.63 bits per heavy atom. The van der Waals surface area contributed by atoms with Crippen molar-refractivity contribution in [3.8, 4) is 0 Å². The van der Waals surface area contributed by atoms with Crippen LogP contribution in [0.5, 0.6) is 0 Å². The Kier molecular flexibility index (Phi) is 6.46. The van der Waals surface area contributed by atoms with Crippen molar-refractivity contribution in [3.05, 3.63) is 29.7 Å². The molecule has 208 valence electrons. The van der Waals surface area contributed by atoms with E-state index >= 15 is 0 Å². The monoisotopic (exact) mass is 540 g/mol. The third-order valence-electron chi connectivity index (χ3n) is 7.54. The number of nitrogens with one attached hydrogen (secondary N) is 2. The van der Waals surface area contributed by atoms with Crippen LogP contribution in [0.4, 0.5) is 27.2 Å². The SMILES string of the molecule is CC(C)(C)OC(=O)N[C@H](c1cn2ncc(CN3C[C@H]4[C@@H](CNC3=O)C4(F)F)cc2n1)C1CCC(F)(F)CC1. The zero-order valence-corrected chi connectivity index (χ0v) is 21.5. The number of nitrogens with zero attached hydrogens (tertiary/aromatic N) is 4. The summed E-state index contributed by atoms with van der Waals surface area (Å²) in [5, 5.41) is 9.72. The van der Waals surface area contributed by atoms with Crippen LogP contribution in [-0.4, -0.2) is 62.2 Å². The summed E-state index contributed by atoms with van der Waals surface area (Å²) in [6, 6.07) is 0.612. The van der Waals surface area contributed by atoms with Gasteiger partial charge in [-0.25, -0.2) is 36.7 Å². The number of fused-ring (bicyclic) bond motifs is 2. The van der Waals surface area contributed by atoms with Crippen LogP contribution < -0.4 is 10.6 Å². The highest BCUT2D eigenvalue weighted by Crippen LogP contribution is 2.55. The van der Waals surface area contributed by atoms with Crippen LogP contribution in [0, 0.1) is 17.8 Å². The van der Waals surface area contributed by atoms with Crippen LogP contribution >= 0.6 is 0 Å². The number of hydrogen-bond acceptors (Lipinski definition) is 5. The number of ether oxygens (including phenoxy) is 1. The molecule has 2 aromatic heterocycles. The van der Waals surface area contributed by atoms with Gasteiger partial charge in [0.25, 0.3) is 5.92 Å². The van der Waals surface area contributed by atoms with Crippen molar-refractivity contribution in [3.63, 3.8) is 0 Å². The minimum absolute atomic E-state index is 0.0486. The lowest BCUT2D eigenvalue weighted by Gasteiger charge is -2.33. The van der Waals surface area contributed by atoms with Gasteiger partial charge in [0, 0.05) is 32.5 Å². The van der Waals surface area contributed by atoms with Gasteiger partial charge >= 0.3 is 12.1 Å². The Hall–Kier alpha value is -3.12. The number of carbonyl (C=O) groups excluding carboxylic acids is 2. The van der Waals surface area contributed by atoms with Crippen molar-refractivity contribution in [2.45, 2.75) is 76.5 Å². The summed E-state index contributed by atoms with van der Waals surface area (Å²) in [4.78, 5) is 31.0. The van der Waals surface area contributed by atoms with Gasteiger partial charge in [0.15, 0.2) is 5.65 Å². The van der Waals surface area contributed by atoms with E-state index < -0.39 is 47.4 Å². The summed E-state index contributed by atoms with van der Waals surface area (Å²) in [7, 11) is 0. The fourth-order valence-electron chi connectivity index (χ4n) is 5.41. The molecule has 2 aromatic rings. The van der Waals surface area contributed by atoms with Gasteiger partial charge in [0.2, 0.25) is 5.92 Å². The molecule has 1 saturated heterocycles. The standard InChI is InChI=1S/C25H32F4N6O3/c1-23(2,3)38-22(37)33-20(15-4-6-24(26,27)7-5-15)18-13-35-19(32-18)8-14(9-31-35)11-34-12-17-16(25(17,28)29)10-30-21(34)36/h8-9,13,15-17,20H,4-7,10-12H2,1-3H3,(H,30,36)(H,33,37)/t16-,17+,20+/m1/s1. The predicted octanol–water partition coefficient (Wildman–Crippen LogP) is 4.53. The summed E-state index contributed by atoms with van der Waals surface area (Å²) in [5.74, 6) is -7.47. The highest BCUT2D eigenvalue weighted by atomic mass is 19.3. The molecule has 3 amide bonds. The molecule has 13 heteroatoms. The lowest BCUT2D eigenvalue weighted by molar-refractivity contribution is -0.0500. The van der Waals surface area contributed by atoms with Crippen molar-refractivity contribution in [1.29, 1.82) is 0 Å². The van der Waals surface area contributed by atoms with Crippen molar-refractivity contribution in [2.75, 3.05) is 13.1 Å². The second-order valence-electron chi connectivity index (χ2n) is 11.6. The van der Waals surface area contributed by atoms with Crippen LogP contribution in [0.25, 0.3) is 5.65 Å². The Morgan fingerprint density at radius 2 is 1.95 bits per heavy atom. The van der Waals surface area contributed by atoms with Crippen LogP contribution in [0.3, 0.4) is 0 Å². The first kappa shape index (κ1) is 26.5. The number of rotatable bonds is 5. The Bertz CT molecular complexity index is 1220. The summed E-state index contributed by atoms with van der Waals surface area (Å²) in [6.07, 6.45) is 2.33. The summed E-state index contributed by atoms with van der Waals surface area (Å²) in [5.41, 5.74) is 0.720. The molecule has 0 radical (unpaired) electrons. The van der Waals surface area contributed by atoms with E-state index in [2.05, 4.69) is 20.7 Å². The topological polar surface area (TPSA) is 101 Å². The minimum atomic E-state index is -2.77. The van der Waals surface area contributed by atoms with Crippen LogP contribution in [-0.2, 0) is 11.3 Å². The third-order valence-corrected chi connectivity index (χ3v) is 7.54. The fraction of sp³-hybridized carbons (Fsp3) is 0.680. The Balaban J connectivity index is 1.36. The second-order valence-corrected chi connectivity index (χ2v) is 11.6. The number of urea groups is 1. The first-order valence-electron chi connectivity index (χ1n) is 12.8. The van der Waals surface area contributed by atoms with E-state index in [1.165, 1.54) is 15.6 Å². The quantitative estimate of drug-likeness (QED) is 0.543. The maximum absolute atomic E-state index is 13.9. The van der Waals surface area contributed by atoms with Gasteiger partial charge in [0.1, 0.15) is 5.60 Å². The van der Waals surface area contributed by atoms with Gasteiger partial charge in [-0.1, -0.05) is 0 Å². The van der Waals surface area contributed by atoms with E-state index in [1.807, 2.05) is 0 Å². The molecule has 2 N–H and O–H groups in total. The average Bonchev–Trinajstić information content (AvgIpc) is 3.14. The van der Waals surface area contributed by atoms with E-state index in [-0.39, 0.29) is 51.2 Å². The number of amides is 3. The molecule has 0 bridgehead atoms. The van der Waals surface area contributed by atoms with Crippen LogP contribution in [0.2, 0.25) is 0 Å². The van der Waals surface area contributed by atoms with Crippen LogP contribution in [0.15, 0.2) is 18.5 Å². The third kappa shape index (κ3) is 5.51. The molecule has 5 rings (SSSR count). The van der Waals surface area contributed by atoms with Crippen molar-refractivity contribution < 1.29 is 31.9 Å². The minimum Gasteiger partial charge on any atom is -0.444 e. The molecule has 0 aromatic carbocycles. The fourth-order valence-corrected chi connectivity index (χ4v) is 5.41. The Morgan fingerprint density at radius 1 is 1.24 bits per heavy atom. The molecule has 0 spiro atoms. The molecule has 3 atom stereocenters. The number of alkyl carbamates (subject to hydrolysis) is 1. The van der Waals surface area contributed by atoms with Gasteiger partial charge in [0.05, 0.1) is 36.0 Å². The second kappa shape index (κ2) is 9.26. The smallest absolute Gasteiger partial charge is 0.408 e. The Labute approximate surface area is 217 Å². The van der Waals surface area contributed by atoms with Gasteiger partial charge in [-0.3, -0.25) is 0 Å². The van der Waals surface area contributed by atoms with Crippen molar-refractivity contribution in [2.24, 2.45) is 17.8 Å². The molecule has 3 fully saturated rings. The molecule has 1 aliphatic heterocycles. The highest BCUT2D eigenvalue weighted by Gasteiger charge is 2.69. The van der Waals surface area contributed by atoms with Gasteiger partial charge < -0.3 is 20.3 Å². The molecular formula is C25H32F4N6O3. The number of hydrogen-bond donors (Lipinski definition) is 2. The first-order valence-corrected chi connectivity index (χ1v) is 12.8. The highest BCUT2D eigenvalue weighted by molar-refractivity contribution is 5.75. The maximum atomic E-state index is 13.9. The van der Waals surface area contributed by atoms with Crippen molar-refractivity contribution in [1.82, 2.24) is 30.1 Å². The van der Waals surface area contributed by atoms with E-state index in [1.54, 1.807) is 33.0 Å². The van der Waals surface area contributed by atoms with Crippen molar-refractivity contribution >= 4 is 17.8 Å². The predicted molar refractivity (Wildman–Crippen MR) is 128 cm³/mol.